The first kappa shape index (κ1) is 18.8. The monoisotopic (exact) mass is 318 g/mol. The lowest BCUT2D eigenvalue weighted by Crippen LogP contribution is -2.60. The van der Waals surface area contributed by atoms with Gasteiger partial charge in [-0.1, -0.05) is 52.4 Å². The molecule has 2 aliphatic heterocycles. The molecule has 0 N–H and O–H groups in total. The summed E-state index contributed by atoms with van der Waals surface area (Å²) in [4.78, 5) is 5.23. The molecule has 132 valence electrons. The average molecular weight is 319 g/mol. The van der Waals surface area contributed by atoms with Gasteiger partial charge in [0.05, 0.1) is 6.54 Å². The first-order valence-electron chi connectivity index (χ1n) is 10.00. The molecule has 2 fully saturated rings. The molecule has 0 aromatic carbocycles. The highest BCUT2D eigenvalue weighted by Gasteiger charge is 2.44. The number of nitrogens with zero attached hydrogens (tertiary/aromatic N) is 2. The van der Waals surface area contributed by atoms with Crippen molar-refractivity contribution in [2.45, 2.75) is 66.2 Å². The third-order valence-electron chi connectivity index (χ3n) is 5.54. The van der Waals surface area contributed by atoms with E-state index < -0.39 is 0 Å². The van der Waals surface area contributed by atoms with Gasteiger partial charge in [-0.15, -0.1) is 0 Å². The zero-order valence-corrected chi connectivity index (χ0v) is 16.0. The van der Waals surface area contributed by atoms with E-state index in [4.69, 9.17) is 0 Å². The maximum Gasteiger partial charge on any atom is 0.0601 e. The van der Waals surface area contributed by atoms with Gasteiger partial charge in [-0.3, -0.25) is 4.90 Å². The molecule has 2 nitrogen and oxygen atoms in total. The van der Waals surface area contributed by atoms with Crippen molar-refractivity contribution in [1.82, 2.24) is 9.80 Å². The van der Waals surface area contributed by atoms with Crippen molar-refractivity contribution in [1.29, 1.82) is 0 Å². The molecule has 1 spiro atoms. The molecular formula is C21H38N2. The molecule has 2 heteroatoms. The zero-order chi connectivity index (χ0) is 16.7. The minimum Gasteiger partial charge on any atom is -0.302 e. The fraction of sp³-hybridized carbons (Fsp3) is 0.905. The Hall–Kier alpha value is -0.520. The molecule has 0 radical (unpaired) electrons. The van der Waals surface area contributed by atoms with Gasteiger partial charge < -0.3 is 4.90 Å². The second-order valence-electron chi connectivity index (χ2n) is 8.44. The Kier molecular flexibility index (Phi) is 7.44. The van der Waals surface area contributed by atoms with E-state index in [1.807, 2.05) is 0 Å². The highest BCUT2D eigenvalue weighted by Crippen LogP contribution is 2.40. The van der Waals surface area contributed by atoms with Crippen LogP contribution in [0, 0.1) is 29.1 Å². The van der Waals surface area contributed by atoms with E-state index in [1.165, 1.54) is 71.2 Å². The van der Waals surface area contributed by atoms with Crippen LogP contribution >= 0.6 is 0 Å². The molecule has 0 aliphatic carbocycles. The number of hydrogen-bond donors (Lipinski definition) is 0. The van der Waals surface area contributed by atoms with Gasteiger partial charge in [0, 0.05) is 25.6 Å². The van der Waals surface area contributed by atoms with Gasteiger partial charge in [0.2, 0.25) is 0 Å². The largest absolute Gasteiger partial charge is 0.302 e. The highest BCUT2D eigenvalue weighted by atomic mass is 15.2. The molecule has 2 saturated heterocycles. The summed E-state index contributed by atoms with van der Waals surface area (Å²) < 4.78 is 0. The van der Waals surface area contributed by atoms with Crippen LogP contribution in [0.15, 0.2) is 0 Å². The topological polar surface area (TPSA) is 6.48 Å². The molecular weight excluding hydrogens is 280 g/mol. The summed E-state index contributed by atoms with van der Waals surface area (Å²) in [6, 6.07) is 0. The van der Waals surface area contributed by atoms with Crippen LogP contribution in [0.3, 0.4) is 0 Å². The molecule has 2 rings (SSSR count). The average Bonchev–Trinajstić information content (AvgIpc) is 2.47. The van der Waals surface area contributed by atoms with E-state index in [2.05, 4.69) is 49.3 Å². The van der Waals surface area contributed by atoms with Crippen molar-refractivity contribution in [3.05, 3.63) is 0 Å². The molecule has 0 bridgehead atoms. The van der Waals surface area contributed by atoms with Crippen LogP contribution in [0.25, 0.3) is 0 Å². The van der Waals surface area contributed by atoms with E-state index in [9.17, 15) is 0 Å². The quantitative estimate of drug-likeness (QED) is 0.647. The SMILES string of the molecule is CCCC(C#CCN1CCC2(CC1)CN(CC(C)C)C2)CCC. The molecule has 0 saturated carbocycles. The Bertz CT molecular complexity index is 382. The highest BCUT2D eigenvalue weighted by molar-refractivity contribution is 5.07. The first-order valence-corrected chi connectivity index (χ1v) is 10.00. The smallest absolute Gasteiger partial charge is 0.0601 e. The third kappa shape index (κ3) is 5.80. The predicted octanol–water partition coefficient (Wildman–Crippen LogP) is 4.26. The Morgan fingerprint density at radius 1 is 0.957 bits per heavy atom. The van der Waals surface area contributed by atoms with Gasteiger partial charge in [0.1, 0.15) is 0 Å². The summed E-state index contributed by atoms with van der Waals surface area (Å²) in [6.45, 7) is 16.7. The molecule has 2 heterocycles. The van der Waals surface area contributed by atoms with E-state index >= 15 is 0 Å². The molecule has 0 atom stereocenters. The molecule has 0 aromatic heterocycles. The Morgan fingerprint density at radius 3 is 2.09 bits per heavy atom. The molecule has 23 heavy (non-hydrogen) atoms. The second-order valence-corrected chi connectivity index (χ2v) is 8.44. The minimum atomic E-state index is 0.636. The maximum absolute atomic E-state index is 3.55. The zero-order valence-electron chi connectivity index (χ0n) is 16.0. The van der Waals surface area contributed by atoms with Crippen molar-refractivity contribution in [3.63, 3.8) is 0 Å². The lowest BCUT2D eigenvalue weighted by molar-refractivity contribution is -0.0492. The fourth-order valence-electron chi connectivity index (χ4n) is 4.34. The van der Waals surface area contributed by atoms with Crippen molar-refractivity contribution < 1.29 is 0 Å². The van der Waals surface area contributed by atoms with E-state index in [0.717, 1.165) is 12.5 Å². The summed E-state index contributed by atoms with van der Waals surface area (Å²) >= 11 is 0. The Morgan fingerprint density at radius 2 is 1.57 bits per heavy atom. The van der Waals surface area contributed by atoms with Crippen LogP contribution in [0.5, 0.6) is 0 Å². The summed E-state index contributed by atoms with van der Waals surface area (Å²) in [5.74, 6) is 8.48. The van der Waals surface area contributed by atoms with Gasteiger partial charge in [0.15, 0.2) is 0 Å². The lowest BCUT2D eigenvalue weighted by atomic mass is 9.72. The summed E-state index contributed by atoms with van der Waals surface area (Å²) in [7, 11) is 0. The van der Waals surface area contributed by atoms with Gasteiger partial charge in [-0.25, -0.2) is 0 Å². The number of piperidine rings is 1. The predicted molar refractivity (Wildman–Crippen MR) is 100 cm³/mol. The van der Waals surface area contributed by atoms with Gasteiger partial charge in [-0.05, 0) is 50.1 Å². The van der Waals surface area contributed by atoms with Crippen LogP contribution in [0.1, 0.15) is 66.2 Å². The van der Waals surface area contributed by atoms with Gasteiger partial charge in [-0.2, -0.15) is 0 Å². The minimum absolute atomic E-state index is 0.636. The van der Waals surface area contributed by atoms with Crippen LogP contribution in [0.2, 0.25) is 0 Å². The normalized spacial score (nSPS) is 21.5. The van der Waals surface area contributed by atoms with Crippen molar-refractivity contribution in [2.24, 2.45) is 17.3 Å². The molecule has 0 aromatic rings. The molecule has 0 unspecified atom stereocenters. The number of rotatable bonds is 7. The van der Waals surface area contributed by atoms with Gasteiger partial charge >= 0.3 is 0 Å². The van der Waals surface area contributed by atoms with Crippen LogP contribution < -0.4 is 0 Å². The fourth-order valence-corrected chi connectivity index (χ4v) is 4.34. The maximum atomic E-state index is 3.55. The number of likely N-dealkylation sites (tertiary alicyclic amines) is 2. The lowest BCUT2D eigenvalue weighted by Gasteiger charge is -2.54. The van der Waals surface area contributed by atoms with E-state index in [-0.39, 0.29) is 0 Å². The van der Waals surface area contributed by atoms with Crippen molar-refractivity contribution in [3.8, 4) is 11.8 Å². The van der Waals surface area contributed by atoms with Crippen LogP contribution in [0.4, 0.5) is 0 Å². The molecule has 2 aliphatic rings. The third-order valence-corrected chi connectivity index (χ3v) is 5.54. The van der Waals surface area contributed by atoms with Crippen LogP contribution in [-0.2, 0) is 0 Å². The van der Waals surface area contributed by atoms with E-state index in [1.54, 1.807) is 0 Å². The Labute approximate surface area is 145 Å². The van der Waals surface area contributed by atoms with Gasteiger partial charge in [0.25, 0.3) is 0 Å². The second kappa shape index (κ2) is 9.09. The summed E-state index contributed by atoms with van der Waals surface area (Å²) in [5.41, 5.74) is 0.659. The summed E-state index contributed by atoms with van der Waals surface area (Å²) in [6.07, 6.45) is 7.84. The first-order chi connectivity index (χ1) is 11.1. The number of hydrogen-bond acceptors (Lipinski definition) is 2. The van der Waals surface area contributed by atoms with Crippen molar-refractivity contribution >= 4 is 0 Å². The molecule has 0 amide bonds. The van der Waals surface area contributed by atoms with Crippen LogP contribution in [-0.4, -0.2) is 49.1 Å². The summed E-state index contributed by atoms with van der Waals surface area (Å²) in [5, 5.41) is 0. The standard InChI is InChI=1S/C21H38N2/c1-5-8-20(9-6-2)10-7-13-22-14-11-21(12-15-22)17-23(18-21)16-19(3)4/h19-20H,5-6,8-9,11-18H2,1-4H3. The van der Waals surface area contributed by atoms with Crippen molar-refractivity contribution in [2.75, 3.05) is 39.3 Å². The Balaban J connectivity index is 1.68. The van der Waals surface area contributed by atoms with E-state index in [0.29, 0.717) is 11.3 Å².